The lowest BCUT2D eigenvalue weighted by Gasteiger charge is -2.57. The van der Waals surface area contributed by atoms with E-state index in [0.29, 0.717) is 44.1 Å². The van der Waals surface area contributed by atoms with Crippen molar-refractivity contribution >= 4 is 11.8 Å². The third-order valence-electron chi connectivity index (χ3n) is 11.9. The standard InChI is InChI=1S/C29H40O8/c1-14-11-21(36-24(32)15(14)2)27(5,33)28(34)10-8-17-16-12-22-29(37-22)23(31)19(35-6)13-20(30)26(29,4)18(16)7-9-25(17,28)3/h18-19,21-23,31,33-34H,7-13H2,1-6H3/t18-,19-,21+,22+,23-,25+,26+,27-,28-,29-/m0/s1. The van der Waals surface area contributed by atoms with Gasteiger partial charge in [0.15, 0.2) is 0 Å². The molecular formula is C29H40O8. The number of Topliss-reactive ketones (excluding diaryl/α,β-unsaturated/α-hetero) is 1. The second-order valence-corrected chi connectivity index (χ2v) is 13.1. The number of hydrogen-bond donors (Lipinski definition) is 3. The number of rotatable bonds is 3. The Labute approximate surface area is 218 Å². The number of epoxide rings is 1. The minimum Gasteiger partial charge on any atom is -0.455 e. The molecule has 3 N–H and O–H groups in total. The fourth-order valence-corrected chi connectivity index (χ4v) is 9.25. The normalized spacial score (nSPS) is 50.6. The maximum Gasteiger partial charge on any atom is 0.334 e. The van der Waals surface area contributed by atoms with Crippen molar-refractivity contribution in [1.29, 1.82) is 0 Å². The molecule has 204 valence electrons. The van der Waals surface area contributed by atoms with Gasteiger partial charge in [0.25, 0.3) is 0 Å². The molecule has 0 aromatic carbocycles. The lowest BCUT2D eigenvalue weighted by molar-refractivity contribution is -0.236. The summed E-state index contributed by atoms with van der Waals surface area (Å²) in [6.45, 7) is 9.16. The van der Waals surface area contributed by atoms with E-state index in [2.05, 4.69) is 0 Å². The number of ketones is 1. The highest BCUT2D eigenvalue weighted by atomic mass is 16.6. The SMILES string of the molecule is CO[C@H]1CC(=O)[C@@]2(C)[C@H]3CC[C@]4(C)C(=C3C[C@H]3O[C@]32[C@H]1O)CC[C@@]4(O)[C@@](C)(O)[C@H]1CC(C)=C(C)C(=O)O1. The van der Waals surface area contributed by atoms with Gasteiger partial charge in [-0.1, -0.05) is 23.6 Å². The average Bonchev–Trinajstić information content (AvgIpc) is 3.51. The lowest BCUT2D eigenvalue weighted by Crippen LogP contribution is -2.68. The van der Waals surface area contributed by atoms with Gasteiger partial charge in [-0.15, -0.1) is 0 Å². The summed E-state index contributed by atoms with van der Waals surface area (Å²) < 4.78 is 17.4. The maximum atomic E-state index is 13.7. The fourth-order valence-electron chi connectivity index (χ4n) is 9.25. The van der Waals surface area contributed by atoms with Crippen molar-refractivity contribution in [1.82, 2.24) is 0 Å². The van der Waals surface area contributed by atoms with Crippen LogP contribution < -0.4 is 0 Å². The van der Waals surface area contributed by atoms with Gasteiger partial charge in [-0.3, -0.25) is 4.79 Å². The minimum atomic E-state index is -1.67. The zero-order chi connectivity index (χ0) is 26.9. The van der Waals surface area contributed by atoms with Gasteiger partial charge in [0, 0.05) is 30.9 Å². The predicted octanol–water partition coefficient (Wildman–Crippen LogP) is 2.52. The van der Waals surface area contributed by atoms with Gasteiger partial charge in [0.2, 0.25) is 0 Å². The molecule has 0 bridgehead atoms. The van der Waals surface area contributed by atoms with E-state index in [9.17, 15) is 24.9 Å². The molecule has 6 rings (SSSR count). The molecule has 0 amide bonds. The van der Waals surface area contributed by atoms with Crippen LogP contribution in [0.3, 0.4) is 0 Å². The number of carbonyl (C=O) groups is 2. The van der Waals surface area contributed by atoms with Gasteiger partial charge < -0.3 is 29.5 Å². The number of cyclic esters (lactones) is 1. The zero-order valence-electron chi connectivity index (χ0n) is 22.7. The Hall–Kier alpha value is -1.58. The molecule has 0 radical (unpaired) electrons. The van der Waals surface area contributed by atoms with Gasteiger partial charge in [-0.25, -0.2) is 4.79 Å². The molecule has 0 unspecified atom stereocenters. The van der Waals surface area contributed by atoms with Gasteiger partial charge in [-0.05, 0) is 65.7 Å². The van der Waals surface area contributed by atoms with Crippen LogP contribution in [0.25, 0.3) is 0 Å². The third-order valence-corrected chi connectivity index (χ3v) is 11.9. The van der Waals surface area contributed by atoms with E-state index in [4.69, 9.17) is 14.2 Å². The van der Waals surface area contributed by atoms with E-state index >= 15 is 0 Å². The number of hydrogen-bond acceptors (Lipinski definition) is 8. The van der Waals surface area contributed by atoms with Crippen LogP contribution in [0.15, 0.2) is 22.3 Å². The molecule has 3 saturated carbocycles. The Morgan fingerprint density at radius 2 is 1.81 bits per heavy atom. The summed E-state index contributed by atoms with van der Waals surface area (Å²) >= 11 is 0. The van der Waals surface area contributed by atoms with Crippen LogP contribution in [-0.2, 0) is 23.8 Å². The molecule has 8 heteroatoms. The molecule has 1 spiro atoms. The number of esters is 1. The van der Waals surface area contributed by atoms with Crippen LogP contribution >= 0.6 is 0 Å². The summed E-state index contributed by atoms with van der Waals surface area (Å²) in [5.74, 6) is -0.485. The van der Waals surface area contributed by atoms with Crippen LogP contribution in [0.1, 0.15) is 79.6 Å². The maximum absolute atomic E-state index is 13.7. The number of aliphatic hydroxyl groups is 3. The van der Waals surface area contributed by atoms with Crippen LogP contribution in [0.2, 0.25) is 0 Å². The van der Waals surface area contributed by atoms with E-state index in [1.54, 1.807) is 13.8 Å². The number of aliphatic hydroxyl groups excluding tert-OH is 1. The van der Waals surface area contributed by atoms with E-state index < -0.39 is 51.9 Å². The molecule has 2 heterocycles. The fraction of sp³-hybridized carbons (Fsp3) is 0.793. The molecular weight excluding hydrogens is 476 g/mol. The first-order valence-electron chi connectivity index (χ1n) is 13.7. The van der Waals surface area contributed by atoms with Gasteiger partial charge in [-0.2, -0.15) is 0 Å². The Kier molecular flexibility index (Phi) is 5.23. The van der Waals surface area contributed by atoms with E-state index in [0.717, 1.165) is 16.7 Å². The van der Waals surface area contributed by atoms with Gasteiger partial charge >= 0.3 is 5.97 Å². The minimum absolute atomic E-state index is 0.0607. The van der Waals surface area contributed by atoms with Crippen LogP contribution in [0.5, 0.6) is 0 Å². The van der Waals surface area contributed by atoms with E-state index in [1.807, 2.05) is 20.8 Å². The van der Waals surface area contributed by atoms with Crippen molar-refractivity contribution in [3.63, 3.8) is 0 Å². The van der Waals surface area contributed by atoms with Crippen LogP contribution in [-0.4, -0.2) is 75.4 Å². The van der Waals surface area contributed by atoms with Crippen LogP contribution in [0, 0.1) is 16.7 Å². The summed E-state index contributed by atoms with van der Waals surface area (Å²) in [7, 11) is 1.52. The highest BCUT2D eigenvalue weighted by molar-refractivity contribution is 5.90. The molecule has 4 aliphatic carbocycles. The molecule has 37 heavy (non-hydrogen) atoms. The number of fused-ring (bicyclic) bond motifs is 3. The predicted molar refractivity (Wildman–Crippen MR) is 132 cm³/mol. The van der Waals surface area contributed by atoms with Crippen molar-refractivity contribution in [2.45, 2.75) is 121 Å². The first-order chi connectivity index (χ1) is 17.2. The van der Waals surface area contributed by atoms with Crippen molar-refractivity contribution in [2.75, 3.05) is 7.11 Å². The van der Waals surface area contributed by atoms with Gasteiger partial charge in [0.1, 0.15) is 34.8 Å². The number of methoxy groups -OCH3 is 1. The van der Waals surface area contributed by atoms with Crippen molar-refractivity contribution in [3.05, 3.63) is 22.3 Å². The molecule has 0 aromatic rings. The first kappa shape index (κ1) is 25.7. The van der Waals surface area contributed by atoms with E-state index in [-0.39, 0.29) is 24.2 Å². The molecule has 10 atom stereocenters. The van der Waals surface area contributed by atoms with Crippen LogP contribution in [0.4, 0.5) is 0 Å². The Morgan fingerprint density at radius 1 is 1.11 bits per heavy atom. The Morgan fingerprint density at radius 3 is 2.46 bits per heavy atom. The molecule has 4 fully saturated rings. The monoisotopic (exact) mass is 516 g/mol. The molecule has 1 saturated heterocycles. The quantitative estimate of drug-likeness (QED) is 0.297. The highest BCUT2D eigenvalue weighted by Crippen LogP contribution is 2.72. The van der Waals surface area contributed by atoms with Gasteiger partial charge in [0.05, 0.1) is 17.6 Å². The van der Waals surface area contributed by atoms with Crippen molar-refractivity contribution < 1.29 is 39.1 Å². The topological polar surface area (TPSA) is 126 Å². The van der Waals surface area contributed by atoms with Crippen molar-refractivity contribution in [2.24, 2.45) is 16.7 Å². The Bertz CT molecular complexity index is 1150. The molecule has 6 aliphatic rings. The molecule has 8 nitrogen and oxygen atoms in total. The molecule has 2 aliphatic heterocycles. The second-order valence-electron chi connectivity index (χ2n) is 13.1. The summed E-state index contributed by atoms with van der Waals surface area (Å²) in [6.07, 6.45) is 0.713. The average molecular weight is 517 g/mol. The third kappa shape index (κ3) is 2.76. The highest BCUT2D eigenvalue weighted by Gasteiger charge is 2.81. The summed E-state index contributed by atoms with van der Waals surface area (Å²) in [4.78, 5) is 26.2. The molecule has 0 aromatic heterocycles. The van der Waals surface area contributed by atoms with E-state index in [1.165, 1.54) is 7.11 Å². The zero-order valence-corrected chi connectivity index (χ0v) is 22.7. The lowest BCUT2D eigenvalue weighted by atomic mass is 9.47. The second kappa shape index (κ2) is 7.54. The smallest absolute Gasteiger partial charge is 0.334 e. The number of ether oxygens (including phenoxy) is 3. The summed E-state index contributed by atoms with van der Waals surface area (Å²) in [5.41, 5.74) is -2.06. The number of carbonyl (C=O) groups excluding carboxylic acids is 2. The summed E-state index contributed by atoms with van der Waals surface area (Å²) in [5, 5.41) is 35.5. The Balaban J connectivity index is 1.40. The largest absolute Gasteiger partial charge is 0.455 e. The summed E-state index contributed by atoms with van der Waals surface area (Å²) in [6, 6.07) is 0. The first-order valence-corrected chi connectivity index (χ1v) is 13.7. The van der Waals surface area contributed by atoms with Crippen molar-refractivity contribution in [3.8, 4) is 0 Å².